The first-order valence-corrected chi connectivity index (χ1v) is 12.3. The van der Waals surface area contributed by atoms with E-state index in [1.165, 1.54) is 27.1 Å². The summed E-state index contributed by atoms with van der Waals surface area (Å²) in [5, 5.41) is 0.653. The highest BCUT2D eigenvalue weighted by atomic mass is 32.2. The smallest absolute Gasteiger partial charge is 0.220 e. The number of para-hydroxylation sites is 1. The highest BCUT2D eigenvalue weighted by Gasteiger charge is 2.25. The van der Waals surface area contributed by atoms with Gasteiger partial charge in [0.05, 0.1) is 15.5 Å². The molecular weight excluding hydrogens is 420 g/mol. The number of thiazole rings is 1. The molecule has 0 spiro atoms. The molecule has 1 heterocycles. The van der Waals surface area contributed by atoms with Crippen molar-refractivity contribution in [2.45, 2.75) is 9.92 Å². The Labute approximate surface area is 178 Å². The van der Waals surface area contributed by atoms with Crippen LogP contribution in [0.25, 0.3) is 10.4 Å². The number of nitrogens with zero attached hydrogens (tertiary/aromatic N) is 2. The molecule has 0 unspecified atom stereocenters. The summed E-state index contributed by atoms with van der Waals surface area (Å²) < 4.78 is 28.5. The van der Waals surface area contributed by atoms with Crippen LogP contribution >= 0.6 is 23.1 Å². The van der Waals surface area contributed by atoms with Crippen LogP contribution in [0.5, 0.6) is 0 Å². The number of aromatic nitrogens is 1. The number of benzene rings is 3. The lowest BCUT2D eigenvalue weighted by Gasteiger charge is -2.10. The molecule has 4 rings (SSSR count). The van der Waals surface area contributed by atoms with Crippen molar-refractivity contribution < 1.29 is 8.42 Å². The zero-order valence-corrected chi connectivity index (χ0v) is 18.0. The van der Waals surface area contributed by atoms with E-state index in [1.807, 2.05) is 66.9 Å². The van der Waals surface area contributed by atoms with Gasteiger partial charge in [0.1, 0.15) is 5.03 Å². The molecule has 4 nitrogen and oxygen atoms in total. The summed E-state index contributed by atoms with van der Waals surface area (Å²) >= 11 is 2.78. The molecule has 0 saturated carbocycles. The molecule has 4 aromatic rings. The molecule has 0 amide bonds. The molecule has 0 saturated heterocycles. The maximum Gasteiger partial charge on any atom is 0.270 e. The second-order valence-corrected chi connectivity index (χ2v) is 9.68. The van der Waals surface area contributed by atoms with Crippen molar-refractivity contribution in [1.29, 1.82) is 0 Å². The molecule has 0 bridgehead atoms. The summed E-state index contributed by atoms with van der Waals surface area (Å²) in [6.07, 6.45) is 1.89. The number of hydrogen-bond acceptors (Lipinski definition) is 5. The maximum atomic E-state index is 13.6. The number of thioether (sulfide) groups is 1. The molecule has 146 valence electrons. The van der Waals surface area contributed by atoms with Crippen LogP contribution in [0.2, 0.25) is 0 Å². The predicted octanol–water partition coefficient (Wildman–Crippen LogP) is 5.41. The second-order valence-electron chi connectivity index (χ2n) is 6.12. The van der Waals surface area contributed by atoms with Crippen molar-refractivity contribution in [2.24, 2.45) is 4.99 Å². The van der Waals surface area contributed by atoms with E-state index in [-0.39, 0.29) is 4.90 Å². The van der Waals surface area contributed by atoms with Crippen LogP contribution in [0.15, 0.2) is 106 Å². The average Bonchev–Trinajstić information content (AvgIpc) is 3.14. The zero-order valence-electron chi connectivity index (χ0n) is 15.6. The predicted molar refractivity (Wildman–Crippen MR) is 120 cm³/mol. The highest BCUT2D eigenvalue weighted by molar-refractivity contribution is 7.99. The Bertz CT molecular complexity index is 1280. The van der Waals surface area contributed by atoms with Gasteiger partial charge in [-0.05, 0) is 36.1 Å². The lowest BCUT2D eigenvalue weighted by atomic mass is 10.2. The van der Waals surface area contributed by atoms with Gasteiger partial charge in [-0.2, -0.15) is 0 Å². The number of rotatable bonds is 5. The van der Waals surface area contributed by atoms with Gasteiger partial charge < -0.3 is 0 Å². The first kappa shape index (κ1) is 19.7. The normalized spacial score (nSPS) is 12.2. The van der Waals surface area contributed by atoms with E-state index < -0.39 is 10.0 Å². The Hall–Kier alpha value is -2.61. The Kier molecular flexibility index (Phi) is 5.71. The summed E-state index contributed by atoms with van der Waals surface area (Å²) in [6.45, 7) is 0. The SMILES string of the molecule is CSc1c(-c2ccccc2)sc(=Nc2ccccc2)n1S(=O)(=O)c1ccccc1. The van der Waals surface area contributed by atoms with Crippen molar-refractivity contribution in [3.8, 4) is 10.4 Å². The van der Waals surface area contributed by atoms with E-state index >= 15 is 0 Å². The Balaban J connectivity index is 2.05. The monoisotopic (exact) mass is 438 g/mol. The molecule has 3 aromatic carbocycles. The fraction of sp³-hybridized carbons (Fsp3) is 0.0455. The molecule has 7 heteroatoms. The van der Waals surface area contributed by atoms with Crippen LogP contribution in [0.3, 0.4) is 0 Å². The summed E-state index contributed by atoms with van der Waals surface area (Å²) in [7, 11) is -3.81. The zero-order chi connectivity index (χ0) is 20.3. The van der Waals surface area contributed by atoms with Crippen molar-refractivity contribution in [3.05, 3.63) is 95.8 Å². The summed E-state index contributed by atoms with van der Waals surface area (Å²) in [5.74, 6) is 0. The van der Waals surface area contributed by atoms with E-state index in [4.69, 9.17) is 0 Å². The standard InChI is InChI=1S/C22H18N2O2S3/c1-27-21-20(17-11-5-2-6-12-17)28-22(23-18-13-7-3-8-14-18)24(21)29(25,26)19-15-9-4-10-16-19/h2-16H,1H3. The van der Waals surface area contributed by atoms with Gasteiger partial charge in [-0.1, -0.05) is 78.1 Å². The van der Waals surface area contributed by atoms with E-state index in [1.54, 1.807) is 30.3 Å². The van der Waals surface area contributed by atoms with E-state index in [2.05, 4.69) is 4.99 Å². The molecule has 0 atom stereocenters. The molecule has 0 radical (unpaired) electrons. The third kappa shape index (κ3) is 3.94. The minimum atomic E-state index is -3.81. The van der Waals surface area contributed by atoms with Crippen LogP contribution in [0, 0.1) is 0 Å². The topological polar surface area (TPSA) is 51.4 Å². The molecule has 0 fully saturated rings. The van der Waals surface area contributed by atoms with E-state index in [9.17, 15) is 8.42 Å². The van der Waals surface area contributed by atoms with Crippen LogP contribution in [0.1, 0.15) is 0 Å². The molecule has 0 aliphatic carbocycles. The lowest BCUT2D eigenvalue weighted by Crippen LogP contribution is -2.24. The lowest BCUT2D eigenvalue weighted by molar-refractivity contribution is 0.581. The summed E-state index contributed by atoms with van der Waals surface area (Å²) in [4.78, 5) is 6.22. The van der Waals surface area contributed by atoms with Gasteiger partial charge in [0.2, 0.25) is 4.80 Å². The minimum absolute atomic E-state index is 0.238. The third-order valence-electron chi connectivity index (χ3n) is 4.24. The quantitative estimate of drug-likeness (QED) is 0.392. The Morgan fingerprint density at radius 3 is 1.97 bits per heavy atom. The van der Waals surface area contributed by atoms with Crippen molar-refractivity contribution in [1.82, 2.24) is 3.97 Å². The Morgan fingerprint density at radius 1 is 0.828 bits per heavy atom. The van der Waals surface area contributed by atoms with Gasteiger partial charge in [0.15, 0.2) is 0 Å². The molecule has 0 N–H and O–H groups in total. The average molecular weight is 439 g/mol. The van der Waals surface area contributed by atoms with Crippen molar-refractivity contribution >= 4 is 38.8 Å². The van der Waals surface area contributed by atoms with Gasteiger partial charge >= 0.3 is 0 Å². The van der Waals surface area contributed by atoms with Gasteiger partial charge in [0, 0.05) is 0 Å². The van der Waals surface area contributed by atoms with Crippen LogP contribution < -0.4 is 4.80 Å². The molecule has 29 heavy (non-hydrogen) atoms. The maximum absolute atomic E-state index is 13.6. The molecule has 0 aliphatic heterocycles. The highest BCUT2D eigenvalue weighted by Crippen LogP contribution is 2.35. The fourth-order valence-corrected chi connectivity index (χ4v) is 7.07. The summed E-state index contributed by atoms with van der Waals surface area (Å²) in [6, 6.07) is 27.7. The first-order valence-electron chi connectivity index (χ1n) is 8.87. The van der Waals surface area contributed by atoms with Crippen LogP contribution in [-0.4, -0.2) is 18.6 Å². The van der Waals surface area contributed by atoms with E-state index in [0.29, 0.717) is 15.5 Å². The van der Waals surface area contributed by atoms with Gasteiger partial charge in [0.25, 0.3) is 10.0 Å². The van der Waals surface area contributed by atoms with Gasteiger partial charge in [-0.3, -0.25) is 0 Å². The molecule has 1 aromatic heterocycles. The Morgan fingerprint density at radius 2 is 1.38 bits per heavy atom. The van der Waals surface area contributed by atoms with Crippen LogP contribution in [0.4, 0.5) is 5.69 Å². The third-order valence-corrected chi connectivity index (χ3v) is 8.16. The van der Waals surface area contributed by atoms with Gasteiger partial charge in [-0.15, -0.1) is 11.8 Å². The molecule has 0 aliphatic rings. The minimum Gasteiger partial charge on any atom is -0.220 e. The fourth-order valence-electron chi connectivity index (χ4n) is 2.89. The van der Waals surface area contributed by atoms with Crippen molar-refractivity contribution in [3.63, 3.8) is 0 Å². The molecular formula is C22H18N2O2S3. The number of hydrogen-bond donors (Lipinski definition) is 0. The van der Waals surface area contributed by atoms with E-state index in [0.717, 1.165) is 10.4 Å². The largest absolute Gasteiger partial charge is 0.270 e. The second kappa shape index (κ2) is 8.41. The first-order chi connectivity index (χ1) is 14.1. The summed E-state index contributed by atoms with van der Waals surface area (Å²) in [5.41, 5.74) is 1.67. The van der Waals surface area contributed by atoms with Crippen molar-refractivity contribution in [2.75, 3.05) is 6.26 Å². The van der Waals surface area contributed by atoms with Gasteiger partial charge in [-0.25, -0.2) is 17.4 Å². The van der Waals surface area contributed by atoms with Crippen LogP contribution in [-0.2, 0) is 10.0 Å².